The van der Waals surface area contributed by atoms with Crippen LogP contribution in [0.4, 0.5) is 0 Å². The van der Waals surface area contributed by atoms with E-state index < -0.39 is 5.41 Å². The maximum absolute atomic E-state index is 11.6. The monoisotopic (exact) mass is 245 g/mol. The molecule has 0 rings (SSSR count). The molecule has 5 nitrogen and oxygen atoms in total. The van der Waals surface area contributed by atoms with Crippen LogP contribution in [0.1, 0.15) is 27.2 Å². The molecule has 0 aromatic rings. The molecule has 0 saturated carbocycles. The Hall–Kier alpha value is -1.17. The summed E-state index contributed by atoms with van der Waals surface area (Å²) in [5, 5.41) is 5.27. The maximum atomic E-state index is 11.6. The van der Waals surface area contributed by atoms with Gasteiger partial charge in [-0.2, -0.15) is 0 Å². The van der Waals surface area contributed by atoms with Crippen LogP contribution in [0.25, 0.3) is 0 Å². The number of thiocarbonyl (C=S) groups is 1. The minimum atomic E-state index is -0.878. The van der Waals surface area contributed by atoms with Crippen molar-refractivity contribution in [3.8, 4) is 0 Å². The molecule has 0 fully saturated rings. The molecule has 92 valence electrons. The van der Waals surface area contributed by atoms with Crippen molar-refractivity contribution in [2.45, 2.75) is 27.2 Å². The molecule has 0 spiro atoms. The number of carbonyl (C=O) groups excluding carboxylic acids is 2. The van der Waals surface area contributed by atoms with E-state index in [-0.39, 0.29) is 29.8 Å². The van der Waals surface area contributed by atoms with Gasteiger partial charge in [0.25, 0.3) is 0 Å². The molecule has 0 heterocycles. The van der Waals surface area contributed by atoms with Gasteiger partial charge in [-0.25, -0.2) is 0 Å². The predicted octanol–water partition coefficient (Wildman–Crippen LogP) is -0.0589. The molecule has 0 radical (unpaired) electrons. The van der Waals surface area contributed by atoms with Gasteiger partial charge in [0.2, 0.25) is 11.8 Å². The van der Waals surface area contributed by atoms with Crippen molar-refractivity contribution in [3.63, 3.8) is 0 Å². The molecule has 0 atom stereocenters. The predicted molar refractivity (Wildman–Crippen MR) is 66.9 cm³/mol. The van der Waals surface area contributed by atoms with Gasteiger partial charge in [-0.3, -0.25) is 9.59 Å². The van der Waals surface area contributed by atoms with Crippen molar-refractivity contribution in [1.29, 1.82) is 0 Å². The first-order valence-electron chi connectivity index (χ1n) is 5.17. The molecule has 0 aliphatic heterocycles. The fraction of sp³-hybridized carbons (Fsp3) is 0.700. The number of nitrogens with two attached hydrogens (primary N) is 1. The van der Waals surface area contributed by atoms with E-state index in [9.17, 15) is 9.59 Å². The summed E-state index contributed by atoms with van der Waals surface area (Å²) in [6.07, 6.45) is 0.257. The van der Waals surface area contributed by atoms with Gasteiger partial charge in [0, 0.05) is 19.5 Å². The van der Waals surface area contributed by atoms with Crippen LogP contribution in [0.5, 0.6) is 0 Å². The zero-order valence-corrected chi connectivity index (χ0v) is 10.7. The molecule has 0 aromatic heterocycles. The number of carbonyl (C=O) groups is 2. The van der Waals surface area contributed by atoms with Crippen LogP contribution < -0.4 is 16.4 Å². The second-order valence-corrected chi connectivity index (χ2v) is 4.39. The third-order valence-electron chi connectivity index (χ3n) is 2.20. The van der Waals surface area contributed by atoms with E-state index in [2.05, 4.69) is 10.6 Å². The van der Waals surface area contributed by atoms with Gasteiger partial charge in [-0.05, 0) is 20.8 Å². The highest BCUT2D eigenvalue weighted by atomic mass is 32.1. The number of amides is 2. The Morgan fingerprint density at radius 3 is 2.31 bits per heavy atom. The first-order chi connectivity index (χ1) is 7.32. The van der Waals surface area contributed by atoms with Crippen LogP contribution in [0.15, 0.2) is 0 Å². The average molecular weight is 245 g/mol. The first kappa shape index (κ1) is 14.8. The highest BCUT2D eigenvalue weighted by molar-refractivity contribution is 7.80. The quantitative estimate of drug-likeness (QED) is 0.572. The molecule has 0 bridgehead atoms. The second kappa shape index (κ2) is 6.42. The molecule has 2 amide bonds. The van der Waals surface area contributed by atoms with E-state index in [1.807, 2.05) is 6.92 Å². The summed E-state index contributed by atoms with van der Waals surface area (Å²) < 4.78 is 0. The summed E-state index contributed by atoms with van der Waals surface area (Å²) in [5.41, 5.74) is 4.56. The Bertz CT molecular complexity index is 290. The molecule has 0 aromatic carbocycles. The van der Waals surface area contributed by atoms with Crippen molar-refractivity contribution in [2.24, 2.45) is 11.1 Å². The molecule has 6 heteroatoms. The lowest BCUT2D eigenvalue weighted by atomic mass is 9.92. The second-order valence-electron chi connectivity index (χ2n) is 3.95. The van der Waals surface area contributed by atoms with Crippen LogP contribution in [0, 0.1) is 5.41 Å². The van der Waals surface area contributed by atoms with E-state index in [0.717, 1.165) is 0 Å². The third-order valence-corrected chi connectivity index (χ3v) is 2.71. The molecule has 0 unspecified atom stereocenters. The standard InChI is InChI=1S/C10H19N3O2S/c1-4-12-7(14)5-6-13-9(15)10(2,3)8(11)16/h4-6H2,1-3H3,(H2,11,16)(H,12,14)(H,13,15). The number of rotatable bonds is 6. The minimum Gasteiger partial charge on any atom is -0.392 e. The Morgan fingerprint density at radius 1 is 1.31 bits per heavy atom. The van der Waals surface area contributed by atoms with Crippen molar-refractivity contribution in [1.82, 2.24) is 10.6 Å². The van der Waals surface area contributed by atoms with E-state index in [1.165, 1.54) is 0 Å². The summed E-state index contributed by atoms with van der Waals surface area (Å²) in [6, 6.07) is 0. The van der Waals surface area contributed by atoms with Crippen LogP contribution in [-0.4, -0.2) is 29.9 Å². The maximum Gasteiger partial charge on any atom is 0.232 e. The molecule has 16 heavy (non-hydrogen) atoms. The van der Waals surface area contributed by atoms with Gasteiger partial charge in [-0.1, -0.05) is 12.2 Å². The Labute approximate surface area is 101 Å². The van der Waals surface area contributed by atoms with Crippen LogP contribution in [0.2, 0.25) is 0 Å². The van der Waals surface area contributed by atoms with E-state index in [1.54, 1.807) is 13.8 Å². The lowest BCUT2D eigenvalue weighted by molar-refractivity contribution is -0.126. The summed E-state index contributed by atoms with van der Waals surface area (Å²) in [4.78, 5) is 22.9. The topological polar surface area (TPSA) is 84.2 Å². The van der Waals surface area contributed by atoms with Crippen molar-refractivity contribution < 1.29 is 9.59 Å². The van der Waals surface area contributed by atoms with Crippen molar-refractivity contribution in [3.05, 3.63) is 0 Å². The van der Waals surface area contributed by atoms with E-state index >= 15 is 0 Å². The SMILES string of the molecule is CCNC(=O)CCNC(=O)C(C)(C)C(N)=S. The fourth-order valence-corrected chi connectivity index (χ4v) is 1.00. The summed E-state index contributed by atoms with van der Waals surface area (Å²) in [5.74, 6) is -0.347. The highest BCUT2D eigenvalue weighted by Gasteiger charge is 2.30. The van der Waals surface area contributed by atoms with Gasteiger partial charge in [-0.15, -0.1) is 0 Å². The van der Waals surface area contributed by atoms with Gasteiger partial charge in [0.05, 0.1) is 10.4 Å². The molecule has 0 saturated heterocycles. The zero-order valence-electron chi connectivity index (χ0n) is 9.92. The third kappa shape index (κ3) is 4.57. The lowest BCUT2D eigenvalue weighted by Gasteiger charge is -2.21. The Balaban J connectivity index is 4.00. The summed E-state index contributed by atoms with van der Waals surface area (Å²) in [6.45, 7) is 6.02. The van der Waals surface area contributed by atoms with Gasteiger partial charge >= 0.3 is 0 Å². The van der Waals surface area contributed by atoms with E-state index in [0.29, 0.717) is 6.54 Å². The smallest absolute Gasteiger partial charge is 0.232 e. The van der Waals surface area contributed by atoms with Crippen LogP contribution in [0.3, 0.4) is 0 Å². The number of nitrogens with one attached hydrogen (secondary N) is 2. The highest BCUT2D eigenvalue weighted by Crippen LogP contribution is 2.14. The first-order valence-corrected chi connectivity index (χ1v) is 5.58. The summed E-state index contributed by atoms with van der Waals surface area (Å²) in [7, 11) is 0. The molecular weight excluding hydrogens is 226 g/mol. The van der Waals surface area contributed by atoms with Gasteiger partial charge < -0.3 is 16.4 Å². The van der Waals surface area contributed by atoms with E-state index in [4.69, 9.17) is 18.0 Å². The van der Waals surface area contributed by atoms with Crippen LogP contribution >= 0.6 is 12.2 Å². The largest absolute Gasteiger partial charge is 0.392 e. The van der Waals surface area contributed by atoms with Crippen molar-refractivity contribution >= 4 is 29.0 Å². The lowest BCUT2D eigenvalue weighted by Crippen LogP contribution is -2.45. The normalized spacial score (nSPS) is 10.7. The minimum absolute atomic E-state index is 0.0871. The number of hydrogen-bond acceptors (Lipinski definition) is 3. The average Bonchev–Trinajstić information content (AvgIpc) is 2.17. The Kier molecular flexibility index (Phi) is 5.95. The fourth-order valence-electron chi connectivity index (χ4n) is 0.908. The number of hydrogen-bond donors (Lipinski definition) is 3. The van der Waals surface area contributed by atoms with Gasteiger partial charge in [0.1, 0.15) is 0 Å². The van der Waals surface area contributed by atoms with Gasteiger partial charge in [0.15, 0.2) is 0 Å². The summed E-state index contributed by atoms with van der Waals surface area (Å²) >= 11 is 4.79. The Morgan fingerprint density at radius 2 is 1.88 bits per heavy atom. The zero-order chi connectivity index (χ0) is 12.8. The van der Waals surface area contributed by atoms with Crippen LogP contribution in [-0.2, 0) is 9.59 Å². The molecular formula is C10H19N3O2S. The van der Waals surface area contributed by atoms with Crippen molar-refractivity contribution in [2.75, 3.05) is 13.1 Å². The molecule has 4 N–H and O–H groups in total. The molecule has 0 aliphatic carbocycles. The molecule has 0 aliphatic rings.